The molecule has 3 unspecified atom stereocenters. The number of hydrogen-bond donors (Lipinski definition) is 2. The smallest absolute Gasteiger partial charge is 0.386 e. The third-order valence-electron chi connectivity index (χ3n) is 3.61. The Labute approximate surface area is 134 Å². The Morgan fingerprint density at radius 2 is 1.71 bits per heavy atom. The Morgan fingerprint density at radius 1 is 1.04 bits per heavy atom. The molecule has 9 heteroatoms. The van der Waals surface area contributed by atoms with Gasteiger partial charge in [0.25, 0.3) is 0 Å². The fraction of sp³-hybridized carbons (Fsp3) is 0.267. The van der Waals surface area contributed by atoms with Crippen LogP contribution in [0.3, 0.4) is 0 Å². The van der Waals surface area contributed by atoms with E-state index in [0.717, 1.165) is 5.01 Å². The first-order valence-electron chi connectivity index (χ1n) is 7.02. The van der Waals surface area contributed by atoms with Crippen molar-refractivity contribution in [3.63, 3.8) is 0 Å². The summed E-state index contributed by atoms with van der Waals surface area (Å²) >= 11 is 0. The van der Waals surface area contributed by atoms with Crippen LogP contribution in [0.2, 0.25) is 0 Å². The van der Waals surface area contributed by atoms with E-state index in [9.17, 15) is 23.4 Å². The van der Waals surface area contributed by atoms with E-state index in [1.54, 1.807) is 18.2 Å². The van der Waals surface area contributed by atoms with Crippen LogP contribution in [0.15, 0.2) is 53.9 Å². The molecule has 2 N–H and O–H groups in total. The molecule has 2 aromatic heterocycles. The number of alkyl halides is 3. The zero-order valence-electron chi connectivity index (χ0n) is 12.2. The molecule has 0 fully saturated rings. The molecule has 2 aromatic rings. The Kier molecular flexibility index (Phi) is 4.20. The number of aliphatic hydroxyl groups excluding tert-OH is 2. The molecule has 0 spiro atoms. The summed E-state index contributed by atoms with van der Waals surface area (Å²) in [5.74, 6) is -1.66. The van der Waals surface area contributed by atoms with Gasteiger partial charge in [-0.2, -0.15) is 18.3 Å². The largest absolute Gasteiger partial charge is 0.431 e. The van der Waals surface area contributed by atoms with Crippen molar-refractivity contribution in [3.05, 3.63) is 54.5 Å². The van der Waals surface area contributed by atoms with E-state index in [1.807, 2.05) is 0 Å². The van der Waals surface area contributed by atoms with Crippen LogP contribution < -0.4 is 5.01 Å². The molecule has 0 saturated heterocycles. The standard InChI is InChI=1S/C15H13F3N4O2/c16-15(17,18)13-11(12(23)9-5-1-3-7-19-9)14(24)22(21-13)10-6-2-4-8-20-10/h1-8,11-12,14,23-24H. The van der Waals surface area contributed by atoms with Gasteiger partial charge < -0.3 is 10.2 Å². The SMILES string of the molecule is OC(c1ccccn1)C1C(C(F)(F)F)=NN(c2ccccn2)C1O. The van der Waals surface area contributed by atoms with Crippen LogP contribution >= 0.6 is 0 Å². The lowest BCUT2D eigenvalue weighted by Crippen LogP contribution is -2.40. The average Bonchev–Trinajstić information content (AvgIpc) is 2.93. The summed E-state index contributed by atoms with van der Waals surface area (Å²) in [4.78, 5) is 7.74. The van der Waals surface area contributed by atoms with Gasteiger partial charge in [-0.15, -0.1) is 0 Å². The molecular formula is C15H13F3N4O2. The van der Waals surface area contributed by atoms with Crippen molar-refractivity contribution in [2.75, 3.05) is 5.01 Å². The van der Waals surface area contributed by atoms with Crippen LogP contribution in [0.5, 0.6) is 0 Å². The Morgan fingerprint density at radius 3 is 2.25 bits per heavy atom. The van der Waals surface area contributed by atoms with Gasteiger partial charge in [-0.3, -0.25) is 4.98 Å². The summed E-state index contributed by atoms with van der Waals surface area (Å²) in [5.41, 5.74) is -1.26. The minimum atomic E-state index is -4.81. The highest BCUT2D eigenvalue weighted by molar-refractivity contribution is 5.95. The summed E-state index contributed by atoms with van der Waals surface area (Å²) in [5, 5.41) is 24.9. The van der Waals surface area contributed by atoms with Crippen molar-refractivity contribution in [2.24, 2.45) is 11.0 Å². The molecule has 24 heavy (non-hydrogen) atoms. The molecule has 0 radical (unpaired) electrons. The minimum Gasteiger partial charge on any atom is -0.386 e. The van der Waals surface area contributed by atoms with E-state index in [0.29, 0.717) is 0 Å². The van der Waals surface area contributed by atoms with Crippen molar-refractivity contribution in [1.82, 2.24) is 9.97 Å². The van der Waals surface area contributed by atoms with Crippen LogP contribution in [-0.4, -0.2) is 38.3 Å². The normalized spacial score (nSPS) is 22.4. The summed E-state index contributed by atoms with van der Waals surface area (Å²) < 4.78 is 40.0. The third kappa shape index (κ3) is 2.95. The van der Waals surface area contributed by atoms with E-state index < -0.39 is 30.1 Å². The molecule has 3 rings (SSSR count). The van der Waals surface area contributed by atoms with E-state index in [-0.39, 0.29) is 11.5 Å². The van der Waals surface area contributed by atoms with E-state index >= 15 is 0 Å². The van der Waals surface area contributed by atoms with Crippen LogP contribution in [0.4, 0.5) is 19.0 Å². The second-order valence-electron chi connectivity index (χ2n) is 5.15. The number of hydrazone groups is 1. The highest BCUT2D eigenvalue weighted by atomic mass is 19.4. The first kappa shape index (κ1) is 16.3. The van der Waals surface area contributed by atoms with Gasteiger partial charge in [0.1, 0.15) is 6.10 Å². The Balaban J connectivity index is 2.00. The van der Waals surface area contributed by atoms with Gasteiger partial charge in [0.2, 0.25) is 0 Å². The molecule has 1 aliphatic heterocycles. The van der Waals surface area contributed by atoms with Crippen molar-refractivity contribution in [1.29, 1.82) is 0 Å². The van der Waals surface area contributed by atoms with Crippen LogP contribution in [0.25, 0.3) is 0 Å². The molecule has 0 aliphatic carbocycles. The quantitative estimate of drug-likeness (QED) is 0.893. The molecule has 0 aromatic carbocycles. The molecule has 1 aliphatic rings. The fourth-order valence-electron chi connectivity index (χ4n) is 2.50. The maximum absolute atomic E-state index is 13.3. The summed E-state index contributed by atoms with van der Waals surface area (Å²) in [6, 6.07) is 9.04. The van der Waals surface area contributed by atoms with E-state index in [4.69, 9.17) is 0 Å². The Hall–Kier alpha value is -2.52. The average molecular weight is 338 g/mol. The van der Waals surface area contributed by atoms with Gasteiger partial charge in [0.05, 0.1) is 11.6 Å². The predicted molar refractivity (Wildman–Crippen MR) is 78.9 cm³/mol. The van der Waals surface area contributed by atoms with E-state index in [1.165, 1.54) is 30.6 Å². The van der Waals surface area contributed by atoms with Crippen molar-refractivity contribution >= 4 is 11.5 Å². The summed E-state index contributed by atoms with van der Waals surface area (Å²) in [6.07, 6.45) is -5.50. The summed E-state index contributed by atoms with van der Waals surface area (Å²) in [6.45, 7) is 0. The number of anilines is 1. The zero-order chi connectivity index (χ0) is 17.3. The highest BCUT2D eigenvalue weighted by Gasteiger charge is 2.53. The second kappa shape index (κ2) is 6.17. The number of hydrogen-bond acceptors (Lipinski definition) is 6. The minimum absolute atomic E-state index is 0.0152. The number of aliphatic hydroxyl groups is 2. The van der Waals surface area contributed by atoms with Crippen LogP contribution in [0, 0.1) is 5.92 Å². The molecule has 3 atom stereocenters. The predicted octanol–water partition coefficient (Wildman–Crippen LogP) is 1.88. The number of aromatic nitrogens is 2. The molecule has 0 amide bonds. The lowest BCUT2D eigenvalue weighted by molar-refractivity contribution is -0.0694. The number of pyridine rings is 2. The lowest BCUT2D eigenvalue weighted by Gasteiger charge is -2.26. The topological polar surface area (TPSA) is 81.8 Å². The molecule has 6 nitrogen and oxygen atoms in total. The van der Waals surface area contributed by atoms with Crippen LogP contribution in [-0.2, 0) is 0 Å². The van der Waals surface area contributed by atoms with Gasteiger partial charge in [-0.1, -0.05) is 12.1 Å². The Bertz CT molecular complexity index is 725. The van der Waals surface area contributed by atoms with Crippen LogP contribution in [0.1, 0.15) is 11.8 Å². The first-order chi connectivity index (χ1) is 11.4. The maximum Gasteiger partial charge on any atom is 0.431 e. The molecule has 3 heterocycles. The molecule has 0 bridgehead atoms. The first-order valence-corrected chi connectivity index (χ1v) is 7.02. The maximum atomic E-state index is 13.3. The van der Waals surface area contributed by atoms with Gasteiger partial charge in [-0.25, -0.2) is 9.99 Å². The monoisotopic (exact) mass is 338 g/mol. The van der Waals surface area contributed by atoms with Crippen molar-refractivity contribution in [2.45, 2.75) is 18.5 Å². The zero-order valence-corrected chi connectivity index (χ0v) is 12.2. The van der Waals surface area contributed by atoms with Crippen molar-refractivity contribution in [3.8, 4) is 0 Å². The van der Waals surface area contributed by atoms with Gasteiger partial charge in [-0.05, 0) is 24.3 Å². The number of halogens is 3. The third-order valence-corrected chi connectivity index (χ3v) is 3.61. The van der Waals surface area contributed by atoms with Gasteiger partial charge in [0, 0.05) is 12.4 Å². The van der Waals surface area contributed by atoms with Crippen molar-refractivity contribution < 1.29 is 23.4 Å². The molecule has 126 valence electrons. The number of nitrogens with zero attached hydrogens (tertiary/aromatic N) is 4. The fourth-order valence-corrected chi connectivity index (χ4v) is 2.50. The number of rotatable bonds is 3. The van der Waals surface area contributed by atoms with Gasteiger partial charge >= 0.3 is 6.18 Å². The lowest BCUT2D eigenvalue weighted by atomic mass is 9.92. The second-order valence-corrected chi connectivity index (χ2v) is 5.15. The highest BCUT2D eigenvalue weighted by Crippen LogP contribution is 2.39. The molecule has 0 saturated carbocycles. The summed E-state index contributed by atoms with van der Waals surface area (Å²) in [7, 11) is 0. The van der Waals surface area contributed by atoms with Gasteiger partial charge in [0.15, 0.2) is 17.8 Å². The van der Waals surface area contributed by atoms with E-state index in [2.05, 4.69) is 15.1 Å². The molecular weight excluding hydrogens is 325 g/mol.